The van der Waals surface area contributed by atoms with E-state index < -0.39 is 0 Å². The lowest BCUT2D eigenvalue weighted by molar-refractivity contribution is -0.130. The van der Waals surface area contributed by atoms with Crippen molar-refractivity contribution in [3.63, 3.8) is 0 Å². The SMILES string of the molecule is CN(CCc1ncon1)C(=O)CCC(C)(C)C. The second-order valence-corrected chi connectivity index (χ2v) is 5.47. The standard InChI is InChI=1S/C12H21N3O2/c1-12(2,3)7-5-11(16)15(4)8-6-10-13-9-17-14-10/h9H,5-8H2,1-4H3. The van der Waals surface area contributed by atoms with Crippen LogP contribution in [0.3, 0.4) is 0 Å². The molecule has 0 unspecified atom stereocenters. The van der Waals surface area contributed by atoms with E-state index in [0.29, 0.717) is 25.2 Å². The molecule has 0 saturated carbocycles. The van der Waals surface area contributed by atoms with Crippen molar-refractivity contribution in [2.75, 3.05) is 13.6 Å². The van der Waals surface area contributed by atoms with Crippen molar-refractivity contribution in [1.29, 1.82) is 0 Å². The summed E-state index contributed by atoms with van der Waals surface area (Å²) >= 11 is 0. The monoisotopic (exact) mass is 239 g/mol. The third-order valence-electron chi connectivity index (χ3n) is 2.59. The van der Waals surface area contributed by atoms with Gasteiger partial charge < -0.3 is 9.42 Å². The second kappa shape index (κ2) is 5.80. The molecule has 1 aromatic heterocycles. The van der Waals surface area contributed by atoms with Gasteiger partial charge in [0.15, 0.2) is 5.82 Å². The van der Waals surface area contributed by atoms with E-state index in [-0.39, 0.29) is 11.3 Å². The Labute approximate surface area is 102 Å². The first kappa shape index (κ1) is 13.7. The Morgan fingerprint density at radius 3 is 2.71 bits per heavy atom. The van der Waals surface area contributed by atoms with Gasteiger partial charge in [-0.15, -0.1) is 0 Å². The average Bonchev–Trinajstić information content (AvgIpc) is 2.74. The molecule has 0 aliphatic heterocycles. The largest absolute Gasteiger partial charge is 0.345 e. The Morgan fingerprint density at radius 1 is 1.47 bits per heavy atom. The molecular formula is C12H21N3O2. The molecule has 0 spiro atoms. The number of aromatic nitrogens is 2. The summed E-state index contributed by atoms with van der Waals surface area (Å²) in [5.74, 6) is 0.809. The minimum atomic E-state index is 0.170. The molecule has 1 amide bonds. The third kappa shape index (κ3) is 5.47. The first-order valence-corrected chi connectivity index (χ1v) is 5.88. The van der Waals surface area contributed by atoms with E-state index >= 15 is 0 Å². The lowest BCUT2D eigenvalue weighted by Crippen LogP contribution is -2.29. The lowest BCUT2D eigenvalue weighted by Gasteiger charge is -2.21. The van der Waals surface area contributed by atoms with Crippen LogP contribution in [-0.4, -0.2) is 34.5 Å². The van der Waals surface area contributed by atoms with Gasteiger partial charge in [-0.05, 0) is 11.8 Å². The van der Waals surface area contributed by atoms with Crippen LogP contribution in [0.5, 0.6) is 0 Å². The summed E-state index contributed by atoms with van der Waals surface area (Å²) in [6.45, 7) is 7.04. The molecule has 5 heteroatoms. The van der Waals surface area contributed by atoms with Crippen LogP contribution in [0, 0.1) is 5.41 Å². The van der Waals surface area contributed by atoms with Crippen molar-refractivity contribution in [2.45, 2.75) is 40.0 Å². The minimum absolute atomic E-state index is 0.170. The number of carbonyl (C=O) groups excluding carboxylic acids is 1. The van der Waals surface area contributed by atoms with Crippen molar-refractivity contribution >= 4 is 5.91 Å². The maximum Gasteiger partial charge on any atom is 0.222 e. The number of hydrogen-bond acceptors (Lipinski definition) is 4. The molecule has 96 valence electrons. The molecule has 1 rings (SSSR count). The van der Waals surface area contributed by atoms with Crippen LogP contribution in [0.25, 0.3) is 0 Å². The number of rotatable bonds is 5. The smallest absolute Gasteiger partial charge is 0.222 e. The van der Waals surface area contributed by atoms with Gasteiger partial charge in [0.05, 0.1) is 0 Å². The normalized spacial score (nSPS) is 11.5. The molecule has 0 saturated heterocycles. The predicted octanol–water partition coefficient (Wildman–Crippen LogP) is 1.90. The molecule has 0 bridgehead atoms. The molecule has 1 heterocycles. The molecule has 0 N–H and O–H groups in total. The molecular weight excluding hydrogens is 218 g/mol. The molecule has 0 aromatic carbocycles. The number of likely N-dealkylation sites (N-methyl/N-ethyl adjacent to an activating group) is 1. The van der Waals surface area contributed by atoms with E-state index in [2.05, 4.69) is 35.4 Å². The van der Waals surface area contributed by atoms with Crippen molar-refractivity contribution in [3.05, 3.63) is 12.2 Å². The van der Waals surface area contributed by atoms with Gasteiger partial charge in [0, 0.05) is 26.4 Å². The fourth-order valence-electron chi connectivity index (χ4n) is 1.37. The highest BCUT2D eigenvalue weighted by Crippen LogP contribution is 2.20. The zero-order valence-electron chi connectivity index (χ0n) is 11.1. The van der Waals surface area contributed by atoms with Crippen LogP contribution in [0.15, 0.2) is 10.9 Å². The molecule has 0 atom stereocenters. The minimum Gasteiger partial charge on any atom is -0.345 e. The van der Waals surface area contributed by atoms with Gasteiger partial charge in [0.2, 0.25) is 12.3 Å². The molecule has 0 radical (unpaired) electrons. The number of hydrogen-bond donors (Lipinski definition) is 0. The van der Waals surface area contributed by atoms with E-state index in [9.17, 15) is 4.79 Å². The summed E-state index contributed by atoms with van der Waals surface area (Å²) in [7, 11) is 1.81. The molecule has 0 fully saturated rings. The van der Waals surface area contributed by atoms with Gasteiger partial charge in [-0.3, -0.25) is 4.79 Å². The number of amides is 1. The third-order valence-corrected chi connectivity index (χ3v) is 2.59. The van der Waals surface area contributed by atoms with Crippen molar-refractivity contribution in [3.8, 4) is 0 Å². The Balaban J connectivity index is 2.27. The summed E-state index contributed by atoms with van der Waals surface area (Å²) in [5, 5.41) is 3.71. The molecule has 1 aromatic rings. The van der Waals surface area contributed by atoms with Crippen molar-refractivity contribution < 1.29 is 9.32 Å². The Hall–Kier alpha value is -1.39. The van der Waals surface area contributed by atoms with Crippen LogP contribution in [0.2, 0.25) is 0 Å². The summed E-state index contributed by atoms with van der Waals surface area (Å²) in [6, 6.07) is 0. The zero-order chi connectivity index (χ0) is 12.9. The average molecular weight is 239 g/mol. The maximum absolute atomic E-state index is 11.8. The van der Waals surface area contributed by atoms with E-state index in [1.54, 1.807) is 4.90 Å². The fraction of sp³-hybridized carbons (Fsp3) is 0.750. The van der Waals surface area contributed by atoms with Gasteiger partial charge in [0.1, 0.15) is 0 Å². The maximum atomic E-state index is 11.8. The van der Waals surface area contributed by atoms with Crippen LogP contribution in [0.1, 0.15) is 39.4 Å². The van der Waals surface area contributed by atoms with E-state index in [0.717, 1.165) is 6.42 Å². The summed E-state index contributed by atoms with van der Waals surface area (Å²) in [5.41, 5.74) is 0.199. The quantitative estimate of drug-likeness (QED) is 0.787. The summed E-state index contributed by atoms with van der Waals surface area (Å²) in [6.07, 6.45) is 3.43. The summed E-state index contributed by atoms with van der Waals surface area (Å²) in [4.78, 5) is 17.5. The van der Waals surface area contributed by atoms with Gasteiger partial charge >= 0.3 is 0 Å². The summed E-state index contributed by atoms with van der Waals surface area (Å²) < 4.78 is 4.63. The highest BCUT2D eigenvalue weighted by atomic mass is 16.5. The highest BCUT2D eigenvalue weighted by Gasteiger charge is 2.15. The van der Waals surface area contributed by atoms with Crippen LogP contribution in [0.4, 0.5) is 0 Å². The van der Waals surface area contributed by atoms with Crippen molar-refractivity contribution in [2.24, 2.45) is 5.41 Å². The van der Waals surface area contributed by atoms with E-state index in [1.165, 1.54) is 6.39 Å². The fourth-order valence-corrected chi connectivity index (χ4v) is 1.37. The molecule has 17 heavy (non-hydrogen) atoms. The number of carbonyl (C=O) groups is 1. The first-order chi connectivity index (χ1) is 7.88. The van der Waals surface area contributed by atoms with E-state index in [4.69, 9.17) is 0 Å². The predicted molar refractivity (Wildman–Crippen MR) is 64.3 cm³/mol. The topological polar surface area (TPSA) is 59.2 Å². The highest BCUT2D eigenvalue weighted by molar-refractivity contribution is 5.75. The molecule has 0 aliphatic carbocycles. The molecule has 0 aliphatic rings. The first-order valence-electron chi connectivity index (χ1n) is 5.88. The Bertz CT molecular complexity index is 341. The van der Waals surface area contributed by atoms with Crippen LogP contribution >= 0.6 is 0 Å². The number of nitrogens with zero attached hydrogens (tertiary/aromatic N) is 3. The van der Waals surface area contributed by atoms with Gasteiger partial charge in [-0.1, -0.05) is 25.9 Å². The van der Waals surface area contributed by atoms with Gasteiger partial charge in [-0.25, -0.2) is 0 Å². The Kier molecular flexibility index (Phi) is 4.66. The van der Waals surface area contributed by atoms with Crippen LogP contribution in [-0.2, 0) is 11.2 Å². The van der Waals surface area contributed by atoms with E-state index in [1.807, 2.05) is 7.05 Å². The zero-order valence-corrected chi connectivity index (χ0v) is 11.1. The van der Waals surface area contributed by atoms with Crippen LogP contribution < -0.4 is 0 Å². The van der Waals surface area contributed by atoms with Crippen molar-refractivity contribution in [1.82, 2.24) is 15.0 Å². The van der Waals surface area contributed by atoms with Gasteiger partial charge in [0.25, 0.3) is 0 Å². The second-order valence-electron chi connectivity index (χ2n) is 5.47. The lowest BCUT2D eigenvalue weighted by atomic mass is 9.90. The molecule has 5 nitrogen and oxygen atoms in total. The Morgan fingerprint density at radius 2 is 2.18 bits per heavy atom. The van der Waals surface area contributed by atoms with Gasteiger partial charge in [-0.2, -0.15) is 4.98 Å².